The van der Waals surface area contributed by atoms with E-state index in [1.54, 1.807) is 6.20 Å². The SMILES string of the molecule is O=C(NC[C@@H]1CN(Cc2cccnc2)Cc2ccnn21)N1CCCC1. The Hall–Kier alpha value is -2.41. The van der Waals surface area contributed by atoms with Crippen molar-refractivity contribution in [3.8, 4) is 0 Å². The molecule has 1 saturated heterocycles. The fourth-order valence-electron chi connectivity index (χ4n) is 3.72. The molecule has 0 unspecified atom stereocenters. The Labute approximate surface area is 147 Å². The molecular formula is C18H24N6O. The number of aromatic nitrogens is 3. The van der Waals surface area contributed by atoms with Gasteiger partial charge in [0.25, 0.3) is 0 Å². The van der Waals surface area contributed by atoms with Crippen LogP contribution in [0, 0.1) is 0 Å². The van der Waals surface area contributed by atoms with Crippen molar-refractivity contribution in [3.05, 3.63) is 48.0 Å². The van der Waals surface area contributed by atoms with Crippen LogP contribution in [0.4, 0.5) is 4.79 Å². The number of hydrogen-bond acceptors (Lipinski definition) is 4. The molecule has 1 atom stereocenters. The minimum atomic E-state index is 0.0515. The summed E-state index contributed by atoms with van der Waals surface area (Å²) in [5.41, 5.74) is 2.39. The minimum Gasteiger partial charge on any atom is -0.336 e. The number of nitrogens with one attached hydrogen (secondary N) is 1. The quantitative estimate of drug-likeness (QED) is 0.919. The van der Waals surface area contributed by atoms with Crippen molar-refractivity contribution in [2.45, 2.75) is 32.0 Å². The molecule has 0 aromatic carbocycles. The van der Waals surface area contributed by atoms with Gasteiger partial charge < -0.3 is 10.2 Å². The third kappa shape index (κ3) is 3.66. The summed E-state index contributed by atoms with van der Waals surface area (Å²) in [6.07, 6.45) is 7.78. The molecule has 7 heteroatoms. The van der Waals surface area contributed by atoms with E-state index in [1.807, 2.05) is 23.4 Å². The van der Waals surface area contributed by atoms with E-state index < -0.39 is 0 Å². The molecule has 25 heavy (non-hydrogen) atoms. The highest BCUT2D eigenvalue weighted by atomic mass is 16.2. The summed E-state index contributed by atoms with van der Waals surface area (Å²) in [4.78, 5) is 20.8. The van der Waals surface area contributed by atoms with Gasteiger partial charge in [-0.15, -0.1) is 0 Å². The van der Waals surface area contributed by atoms with Gasteiger partial charge in [-0.3, -0.25) is 14.6 Å². The first-order chi connectivity index (χ1) is 12.3. The predicted molar refractivity (Wildman–Crippen MR) is 93.8 cm³/mol. The van der Waals surface area contributed by atoms with Crippen LogP contribution in [0.2, 0.25) is 0 Å². The van der Waals surface area contributed by atoms with Gasteiger partial charge in [-0.2, -0.15) is 5.10 Å². The van der Waals surface area contributed by atoms with Gasteiger partial charge in [-0.25, -0.2) is 4.79 Å². The lowest BCUT2D eigenvalue weighted by Crippen LogP contribution is -2.45. The summed E-state index contributed by atoms with van der Waals surface area (Å²) < 4.78 is 2.06. The molecule has 0 saturated carbocycles. The topological polar surface area (TPSA) is 66.3 Å². The maximum absolute atomic E-state index is 12.3. The average molecular weight is 340 g/mol. The second-order valence-corrected chi connectivity index (χ2v) is 6.83. The van der Waals surface area contributed by atoms with Crippen LogP contribution in [0.3, 0.4) is 0 Å². The number of carbonyl (C=O) groups is 1. The number of fused-ring (bicyclic) bond motifs is 1. The Balaban J connectivity index is 1.41. The zero-order valence-electron chi connectivity index (χ0n) is 14.3. The van der Waals surface area contributed by atoms with Crippen molar-refractivity contribution in [1.82, 2.24) is 29.9 Å². The number of likely N-dealkylation sites (tertiary alicyclic amines) is 1. The zero-order chi connectivity index (χ0) is 17.1. The molecule has 1 fully saturated rings. The summed E-state index contributed by atoms with van der Waals surface area (Å²) >= 11 is 0. The maximum Gasteiger partial charge on any atom is 0.317 e. The number of urea groups is 1. The smallest absolute Gasteiger partial charge is 0.317 e. The molecule has 7 nitrogen and oxygen atoms in total. The molecule has 0 radical (unpaired) electrons. The Kier molecular flexibility index (Phi) is 4.65. The van der Waals surface area contributed by atoms with E-state index in [0.29, 0.717) is 6.54 Å². The van der Waals surface area contributed by atoms with E-state index in [0.717, 1.165) is 45.6 Å². The van der Waals surface area contributed by atoms with Gasteiger partial charge in [-0.1, -0.05) is 6.07 Å². The Morgan fingerprint density at radius 2 is 2.12 bits per heavy atom. The van der Waals surface area contributed by atoms with Crippen LogP contribution in [-0.2, 0) is 13.1 Å². The lowest BCUT2D eigenvalue weighted by Gasteiger charge is -2.34. The van der Waals surface area contributed by atoms with Gasteiger partial charge in [0.2, 0.25) is 0 Å². The van der Waals surface area contributed by atoms with Crippen molar-refractivity contribution in [1.29, 1.82) is 0 Å². The number of nitrogens with zero attached hydrogens (tertiary/aromatic N) is 5. The summed E-state index contributed by atoms with van der Waals surface area (Å²) in [5.74, 6) is 0. The van der Waals surface area contributed by atoms with Crippen molar-refractivity contribution in [2.24, 2.45) is 0 Å². The van der Waals surface area contributed by atoms with Gasteiger partial charge in [0, 0.05) is 57.9 Å². The molecule has 2 aromatic heterocycles. The molecule has 4 rings (SSSR count). The first-order valence-corrected chi connectivity index (χ1v) is 8.96. The van der Waals surface area contributed by atoms with E-state index >= 15 is 0 Å². The standard InChI is InChI=1S/C18H24N6O/c25-18(23-8-1-2-9-23)20-11-17-14-22(12-15-4-3-6-19-10-15)13-16-5-7-21-24(16)17/h3-7,10,17H,1-2,8-9,11-14H2,(H,20,25)/t17-/m1/s1. The summed E-state index contributed by atoms with van der Waals surface area (Å²) in [6.45, 7) is 4.94. The van der Waals surface area contributed by atoms with Crippen LogP contribution in [0.1, 0.15) is 30.1 Å². The number of hydrogen-bond donors (Lipinski definition) is 1. The largest absolute Gasteiger partial charge is 0.336 e. The van der Waals surface area contributed by atoms with E-state index in [4.69, 9.17) is 0 Å². The second kappa shape index (κ2) is 7.23. The molecule has 2 amide bonds. The number of carbonyl (C=O) groups excluding carboxylic acids is 1. The first-order valence-electron chi connectivity index (χ1n) is 8.96. The maximum atomic E-state index is 12.3. The molecule has 0 aliphatic carbocycles. The lowest BCUT2D eigenvalue weighted by molar-refractivity contribution is 0.161. The Morgan fingerprint density at radius 3 is 2.92 bits per heavy atom. The Bertz CT molecular complexity index is 709. The third-order valence-corrected chi connectivity index (χ3v) is 4.96. The summed E-state index contributed by atoms with van der Waals surface area (Å²) in [5, 5.41) is 7.56. The molecule has 1 N–H and O–H groups in total. The molecule has 2 aliphatic heterocycles. The first kappa shape index (κ1) is 16.1. The van der Waals surface area contributed by atoms with Crippen LogP contribution in [-0.4, -0.2) is 56.8 Å². The van der Waals surface area contributed by atoms with Gasteiger partial charge in [-0.05, 0) is 30.5 Å². The molecule has 0 bridgehead atoms. The van der Waals surface area contributed by atoms with Gasteiger partial charge in [0.1, 0.15) is 0 Å². The second-order valence-electron chi connectivity index (χ2n) is 6.83. The Morgan fingerprint density at radius 1 is 1.24 bits per heavy atom. The molecule has 4 heterocycles. The molecule has 2 aliphatic rings. The van der Waals surface area contributed by atoms with Gasteiger partial charge >= 0.3 is 6.03 Å². The molecule has 0 spiro atoms. The van der Waals surface area contributed by atoms with Crippen LogP contribution in [0.15, 0.2) is 36.8 Å². The molecule has 132 valence electrons. The number of pyridine rings is 1. The number of amides is 2. The third-order valence-electron chi connectivity index (χ3n) is 4.96. The van der Waals surface area contributed by atoms with Crippen LogP contribution in [0.25, 0.3) is 0 Å². The van der Waals surface area contributed by atoms with E-state index in [-0.39, 0.29) is 12.1 Å². The summed E-state index contributed by atoms with van der Waals surface area (Å²) in [6, 6.07) is 6.34. The highest BCUT2D eigenvalue weighted by Gasteiger charge is 2.27. The number of rotatable bonds is 4. The average Bonchev–Trinajstić information content (AvgIpc) is 3.32. The van der Waals surface area contributed by atoms with E-state index in [9.17, 15) is 4.79 Å². The van der Waals surface area contributed by atoms with E-state index in [1.165, 1.54) is 11.3 Å². The van der Waals surface area contributed by atoms with Crippen LogP contribution >= 0.6 is 0 Å². The monoisotopic (exact) mass is 340 g/mol. The van der Waals surface area contributed by atoms with Crippen molar-refractivity contribution < 1.29 is 4.79 Å². The van der Waals surface area contributed by atoms with Crippen molar-refractivity contribution in [2.75, 3.05) is 26.2 Å². The highest BCUT2D eigenvalue weighted by Crippen LogP contribution is 2.21. The molecule has 2 aromatic rings. The predicted octanol–water partition coefficient (Wildman–Crippen LogP) is 1.64. The molecular weight excluding hydrogens is 316 g/mol. The van der Waals surface area contributed by atoms with Gasteiger partial charge in [0.15, 0.2) is 0 Å². The van der Waals surface area contributed by atoms with Crippen molar-refractivity contribution in [3.63, 3.8) is 0 Å². The minimum absolute atomic E-state index is 0.0515. The fourth-order valence-corrected chi connectivity index (χ4v) is 3.72. The normalized spacial score (nSPS) is 20.5. The highest BCUT2D eigenvalue weighted by molar-refractivity contribution is 5.74. The fraction of sp³-hybridized carbons (Fsp3) is 0.500. The van der Waals surface area contributed by atoms with E-state index in [2.05, 4.69) is 37.1 Å². The van der Waals surface area contributed by atoms with Crippen LogP contribution in [0.5, 0.6) is 0 Å². The lowest BCUT2D eigenvalue weighted by atomic mass is 10.1. The van der Waals surface area contributed by atoms with Crippen LogP contribution < -0.4 is 5.32 Å². The zero-order valence-corrected chi connectivity index (χ0v) is 14.3. The van der Waals surface area contributed by atoms with Gasteiger partial charge in [0.05, 0.1) is 11.7 Å². The van der Waals surface area contributed by atoms with Crippen molar-refractivity contribution >= 4 is 6.03 Å². The summed E-state index contributed by atoms with van der Waals surface area (Å²) in [7, 11) is 0.